The number of nitrogens with one attached hydrogen (secondary N) is 2. The van der Waals surface area contributed by atoms with Crippen LogP contribution in [0.1, 0.15) is 13.3 Å². The first-order valence-electron chi connectivity index (χ1n) is 4.95. The molecule has 0 saturated carbocycles. The minimum absolute atomic E-state index is 0.0169. The number of amides is 1. The number of carbonyl (C=O) groups excluding carboxylic acids is 1. The molecule has 0 fully saturated rings. The Morgan fingerprint density at radius 1 is 1.62 bits per heavy atom. The molecule has 88 valence electrons. The van der Waals surface area contributed by atoms with Crippen molar-refractivity contribution in [2.45, 2.75) is 13.3 Å². The maximum Gasteiger partial charge on any atom is 0.221 e. The van der Waals surface area contributed by atoms with Crippen LogP contribution in [0.15, 0.2) is 16.7 Å². The molecule has 1 heterocycles. The van der Waals surface area contributed by atoms with Gasteiger partial charge in [-0.1, -0.05) is 11.6 Å². The fourth-order valence-electron chi connectivity index (χ4n) is 1.12. The van der Waals surface area contributed by atoms with Crippen LogP contribution in [0.2, 0.25) is 5.02 Å². The van der Waals surface area contributed by atoms with Gasteiger partial charge in [0.2, 0.25) is 5.91 Å². The van der Waals surface area contributed by atoms with E-state index in [4.69, 9.17) is 11.6 Å². The second-order valence-corrected chi connectivity index (χ2v) is 4.44. The summed E-state index contributed by atoms with van der Waals surface area (Å²) >= 11 is 9.22. The predicted octanol–water partition coefficient (Wildman–Crippen LogP) is 2.44. The van der Waals surface area contributed by atoms with Crippen LogP contribution in [0.3, 0.4) is 0 Å². The molecule has 0 spiro atoms. The average molecular weight is 307 g/mol. The molecule has 1 aromatic heterocycles. The second-order valence-electron chi connectivity index (χ2n) is 3.11. The molecule has 1 aromatic rings. The Hall–Kier alpha value is -0.810. The highest BCUT2D eigenvalue weighted by molar-refractivity contribution is 9.10. The number of hydrogen-bond acceptors (Lipinski definition) is 3. The monoisotopic (exact) mass is 305 g/mol. The van der Waals surface area contributed by atoms with Gasteiger partial charge in [-0.15, -0.1) is 0 Å². The summed E-state index contributed by atoms with van der Waals surface area (Å²) in [6.45, 7) is 3.05. The lowest BCUT2D eigenvalue weighted by Crippen LogP contribution is -2.24. The van der Waals surface area contributed by atoms with Crippen LogP contribution >= 0.6 is 27.5 Å². The lowest BCUT2D eigenvalue weighted by atomic mass is 10.4. The summed E-state index contributed by atoms with van der Waals surface area (Å²) in [5, 5.41) is 6.25. The molecule has 4 nitrogen and oxygen atoms in total. The fraction of sp³-hybridized carbons (Fsp3) is 0.400. The number of halogens is 2. The molecule has 1 amide bonds. The van der Waals surface area contributed by atoms with Crippen molar-refractivity contribution in [2.75, 3.05) is 18.4 Å². The quantitative estimate of drug-likeness (QED) is 0.878. The van der Waals surface area contributed by atoms with E-state index in [2.05, 4.69) is 31.5 Å². The Morgan fingerprint density at radius 2 is 2.38 bits per heavy atom. The maximum atomic E-state index is 11.2. The molecule has 0 radical (unpaired) electrons. The van der Waals surface area contributed by atoms with Crippen molar-refractivity contribution < 1.29 is 4.79 Å². The number of anilines is 1. The lowest BCUT2D eigenvalue weighted by molar-refractivity contribution is -0.120. The molecule has 0 bridgehead atoms. The summed E-state index contributed by atoms with van der Waals surface area (Å²) in [4.78, 5) is 15.3. The van der Waals surface area contributed by atoms with E-state index in [0.717, 1.165) is 4.47 Å². The van der Waals surface area contributed by atoms with Crippen molar-refractivity contribution in [1.29, 1.82) is 0 Å². The van der Waals surface area contributed by atoms with Gasteiger partial charge in [0, 0.05) is 30.2 Å². The van der Waals surface area contributed by atoms with E-state index in [1.54, 1.807) is 12.3 Å². The molecule has 0 aliphatic rings. The molecule has 1 rings (SSSR count). The summed E-state index contributed by atoms with van der Waals surface area (Å²) in [6, 6.07) is 1.75. The summed E-state index contributed by atoms with van der Waals surface area (Å²) in [7, 11) is 0. The molecule has 2 N–H and O–H groups in total. The Labute approximate surface area is 108 Å². The van der Waals surface area contributed by atoms with Crippen molar-refractivity contribution in [3.05, 3.63) is 21.8 Å². The fourth-order valence-corrected chi connectivity index (χ4v) is 1.82. The van der Waals surface area contributed by atoms with Crippen LogP contribution < -0.4 is 10.6 Å². The first-order chi connectivity index (χ1) is 7.63. The average Bonchev–Trinajstić information content (AvgIpc) is 2.22. The third kappa shape index (κ3) is 4.37. The van der Waals surface area contributed by atoms with Crippen molar-refractivity contribution in [3.63, 3.8) is 0 Å². The van der Waals surface area contributed by atoms with Crippen LogP contribution in [-0.2, 0) is 4.79 Å². The van der Waals surface area contributed by atoms with Crippen molar-refractivity contribution in [2.24, 2.45) is 0 Å². The Balaban J connectivity index is 2.40. The van der Waals surface area contributed by atoms with Crippen molar-refractivity contribution in [3.8, 4) is 0 Å². The van der Waals surface area contributed by atoms with Gasteiger partial charge in [0.05, 0.1) is 5.02 Å². The molecule has 0 aromatic carbocycles. The number of rotatable bonds is 5. The van der Waals surface area contributed by atoms with E-state index in [1.807, 2.05) is 6.92 Å². The molecule has 0 saturated heterocycles. The van der Waals surface area contributed by atoms with Crippen LogP contribution in [0.4, 0.5) is 5.82 Å². The van der Waals surface area contributed by atoms with E-state index >= 15 is 0 Å². The van der Waals surface area contributed by atoms with Crippen LogP contribution in [0, 0.1) is 0 Å². The molecule has 16 heavy (non-hydrogen) atoms. The Morgan fingerprint density at radius 3 is 3.00 bits per heavy atom. The van der Waals surface area contributed by atoms with Gasteiger partial charge < -0.3 is 10.6 Å². The molecule has 0 aliphatic heterocycles. The number of nitrogens with zero attached hydrogens (tertiary/aromatic N) is 1. The van der Waals surface area contributed by atoms with Gasteiger partial charge in [-0.25, -0.2) is 4.98 Å². The molecular weight excluding hydrogens is 293 g/mol. The normalized spacial score (nSPS) is 9.94. The first-order valence-corrected chi connectivity index (χ1v) is 6.12. The second kappa shape index (κ2) is 6.70. The van der Waals surface area contributed by atoms with Gasteiger partial charge in [-0.3, -0.25) is 4.79 Å². The largest absolute Gasteiger partial charge is 0.368 e. The molecule has 0 aliphatic carbocycles. The first kappa shape index (κ1) is 13.3. The van der Waals surface area contributed by atoms with E-state index < -0.39 is 0 Å². The van der Waals surface area contributed by atoms with Crippen LogP contribution in [0.5, 0.6) is 0 Å². The zero-order chi connectivity index (χ0) is 12.0. The van der Waals surface area contributed by atoms with Crippen LogP contribution in [-0.4, -0.2) is 24.0 Å². The lowest BCUT2D eigenvalue weighted by Gasteiger charge is -2.07. The third-order valence-electron chi connectivity index (χ3n) is 1.83. The van der Waals surface area contributed by atoms with Gasteiger partial charge in [0.15, 0.2) is 0 Å². The summed E-state index contributed by atoms with van der Waals surface area (Å²) in [6.07, 6.45) is 2.06. The van der Waals surface area contributed by atoms with Gasteiger partial charge in [-0.05, 0) is 28.9 Å². The highest BCUT2D eigenvalue weighted by Gasteiger charge is 2.03. The number of hydrogen-bond donors (Lipinski definition) is 2. The Kier molecular flexibility index (Phi) is 5.55. The van der Waals surface area contributed by atoms with E-state index in [-0.39, 0.29) is 5.91 Å². The van der Waals surface area contributed by atoms with Crippen molar-refractivity contribution in [1.82, 2.24) is 10.3 Å². The molecule has 6 heteroatoms. The minimum atomic E-state index is 0.0169. The summed E-state index contributed by atoms with van der Waals surface area (Å²) < 4.78 is 0.826. The highest BCUT2D eigenvalue weighted by atomic mass is 79.9. The minimum Gasteiger partial charge on any atom is -0.368 e. The maximum absolute atomic E-state index is 11.2. The van der Waals surface area contributed by atoms with Crippen molar-refractivity contribution >= 4 is 39.3 Å². The van der Waals surface area contributed by atoms with E-state index in [9.17, 15) is 4.79 Å². The van der Waals surface area contributed by atoms with Gasteiger partial charge >= 0.3 is 0 Å². The predicted molar refractivity (Wildman–Crippen MR) is 68.7 cm³/mol. The summed E-state index contributed by atoms with van der Waals surface area (Å²) in [5.74, 6) is 0.609. The number of carbonyl (C=O) groups is 1. The number of aromatic nitrogens is 1. The topological polar surface area (TPSA) is 54.0 Å². The molecule has 0 atom stereocenters. The standard InChI is InChI=1S/C10H13BrClN3O/c1-2-13-9(16)3-4-14-10-8(12)5-7(11)6-15-10/h5-6H,2-4H2,1H3,(H,13,16)(H,14,15). The van der Waals surface area contributed by atoms with Crippen LogP contribution in [0.25, 0.3) is 0 Å². The summed E-state index contributed by atoms with van der Waals surface area (Å²) in [5.41, 5.74) is 0. The molecule has 0 unspecified atom stereocenters. The van der Waals surface area contributed by atoms with E-state index in [1.165, 1.54) is 0 Å². The van der Waals surface area contributed by atoms with E-state index in [0.29, 0.717) is 30.4 Å². The van der Waals surface area contributed by atoms with Gasteiger partial charge in [-0.2, -0.15) is 0 Å². The smallest absolute Gasteiger partial charge is 0.221 e. The van der Waals surface area contributed by atoms with Gasteiger partial charge in [0.25, 0.3) is 0 Å². The third-order valence-corrected chi connectivity index (χ3v) is 2.55. The SMILES string of the molecule is CCNC(=O)CCNc1ncc(Br)cc1Cl. The number of pyridine rings is 1. The zero-order valence-corrected chi connectivity index (χ0v) is 11.2. The zero-order valence-electron chi connectivity index (χ0n) is 8.89. The Bertz CT molecular complexity index is 373. The highest BCUT2D eigenvalue weighted by Crippen LogP contribution is 2.22. The van der Waals surface area contributed by atoms with Gasteiger partial charge in [0.1, 0.15) is 5.82 Å². The molecular formula is C10H13BrClN3O.